The molecule has 2 aromatic carbocycles. The van der Waals surface area contributed by atoms with Gasteiger partial charge >= 0.3 is 0 Å². The van der Waals surface area contributed by atoms with Gasteiger partial charge < -0.3 is 29.6 Å². The second-order valence-electron chi connectivity index (χ2n) is 7.06. The minimum atomic E-state index is -0.819. The van der Waals surface area contributed by atoms with Crippen LogP contribution in [0.5, 0.6) is 11.5 Å². The van der Waals surface area contributed by atoms with Crippen molar-refractivity contribution in [1.29, 1.82) is 0 Å². The molecule has 0 aliphatic carbocycles. The maximum atomic E-state index is 6.66. The van der Waals surface area contributed by atoms with E-state index < -0.39 is 5.66 Å². The third-order valence-electron chi connectivity index (χ3n) is 4.75. The molecule has 1 aliphatic heterocycles. The minimum Gasteiger partial charge on any atom is -0.497 e. The number of methoxy groups -OCH3 is 2. The molecule has 30 heavy (non-hydrogen) atoms. The van der Waals surface area contributed by atoms with Gasteiger partial charge in [0.15, 0.2) is 0 Å². The number of nitrogens with zero attached hydrogens (tertiary/aromatic N) is 1. The van der Waals surface area contributed by atoms with Gasteiger partial charge in [-0.1, -0.05) is 18.2 Å². The Kier molecular flexibility index (Phi) is 7.52. The zero-order chi connectivity index (χ0) is 21.4. The molecule has 6 heteroatoms. The maximum Gasteiger partial charge on any atom is 0.136 e. The Morgan fingerprint density at radius 3 is 2.57 bits per heavy atom. The summed E-state index contributed by atoms with van der Waals surface area (Å²) in [7, 11) is 3.28. The van der Waals surface area contributed by atoms with Crippen molar-refractivity contribution in [3.05, 3.63) is 84.9 Å². The molecule has 1 radical (unpaired) electrons. The van der Waals surface area contributed by atoms with Crippen molar-refractivity contribution in [1.82, 2.24) is 0 Å². The Morgan fingerprint density at radius 1 is 0.967 bits per heavy atom. The molecule has 0 fully saturated rings. The van der Waals surface area contributed by atoms with Gasteiger partial charge in [0.25, 0.3) is 0 Å². The number of nitrogens with two attached hydrogens (primary N) is 1. The molecule has 0 amide bonds. The summed E-state index contributed by atoms with van der Waals surface area (Å²) in [5, 5.41) is 0. The number of allylic oxidation sites excluding steroid dienone is 2. The second-order valence-corrected chi connectivity index (χ2v) is 7.06. The Bertz CT molecular complexity index is 897. The zero-order valence-electron chi connectivity index (χ0n) is 17.5. The molecule has 0 saturated carbocycles. The topological polar surface area (TPSA) is 66.2 Å². The summed E-state index contributed by atoms with van der Waals surface area (Å²) in [5.74, 6) is 1.55. The molecule has 0 saturated heterocycles. The van der Waals surface area contributed by atoms with E-state index in [2.05, 4.69) is 6.92 Å². The average molecular weight is 410 g/mol. The van der Waals surface area contributed by atoms with Crippen LogP contribution in [-0.2, 0) is 16.1 Å². The van der Waals surface area contributed by atoms with Crippen LogP contribution in [0.15, 0.2) is 66.9 Å². The predicted molar refractivity (Wildman–Crippen MR) is 119 cm³/mol. The minimum absolute atomic E-state index is 0.306. The van der Waals surface area contributed by atoms with Crippen molar-refractivity contribution in [3.63, 3.8) is 0 Å². The van der Waals surface area contributed by atoms with Crippen molar-refractivity contribution in [3.8, 4) is 11.5 Å². The van der Waals surface area contributed by atoms with Gasteiger partial charge in [0.2, 0.25) is 0 Å². The lowest BCUT2D eigenvalue weighted by Crippen LogP contribution is -2.57. The highest BCUT2D eigenvalue weighted by Gasteiger charge is 2.31. The van der Waals surface area contributed by atoms with Crippen molar-refractivity contribution in [2.24, 2.45) is 5.73 Å². The van der Waals surface area contributed by atoms with Crippen molar-refractivity contribution in [2.45, 2.75) is 12.3 Å². The van der Waals surface area contributed by atoms with Crippen LogP contribution in [0.2, 0.25) is 0 Å². The van der Waals surface area contributed by atoms with E-state index >= 15 is 0 Å². The Labute approximate surface area is 178 Å². The second kappa shape index (κ2) is 10.3. The molecular formula is C24H29N2O4. The van der Waals surface area contributed by atoms with Crippen LogP contribution in [0.3, 0.4) is 0 Å². The highest BCUT2D eigenvalue weighted by molar-refractivity contribution is 5.60. The lowest BCUT2D eigenvalue weighted by Gasteiger charge is -2.39. The molecule has 1 aliphatic rings. The summed E-state index contributed by atoms with van der Waals surface area (Å²) < 4.78 is 22.1. The van der Waals surface area contributed by atoms with Crippen molar-refractivity contribution < 1.29 is 18.9 Å². The fourth-order valence-corrected chi connectivity index (χ4v) is 3.23. The molecule has 1 unspecified atom stereocenters. The molecule has 2 aromatic rings. The van der Waals surface area contributed by atoms with Crippen LogP contribution in [-0.4, -0.2) is 39.7 Å². The van der Waals surface area contributed by atoms with E-state index in [1.54, 1.807) is 14.2 Å². The molecule has 3 rings (SSSR count). The van der Waals surface area contributed by atoms with E-state index in [4.69, 9.17) is 24.7 Å². The fourth-order valence-electron chi connectivity index (χ4n) is 3.23. The van der Waals surface area contributed by atoms with Gasteiger partial charge in [-0.15, -0.1) is 0 Å². The van der Waals surface area contributed by atoms with Gasteiger partial charge in [0, 0.05) is 18.0 Å². The number of benzene rings is 2. The summed E-state index contributed by atoms with van der Waals surface area (Å²) >= 11 is 0. The molecule has 6 nitrogen and oxygen atoms in total. The smallest absolute Gasteiger partial charge is 0.136 e. The average Bonchev–Trinajstić information content (AvgIpc) is 2.76. The van der Waals surface area contributed by atoms with E-state index in [9.17, 15) is 0 Å². The summed E-state index contributed by atoms with van der Waals surface area (Å²) in [5.41, 5.74) is 8.63. The van der Waals surface area contributed by atoms with Gasteiger partial charge in [-0.25, -0.2) is 0 Å². The van der Waals surface area contributed by atoms with Crippen molar-refractivity contribution in [2.75, 3.05) is 38.9 Å². The lowest BCUT2D eigenvalue weighted by molar-refractivity contribution is 0.0284. The number of hydrogen-bond acceptors (Lipinski definition) is 6. The summed E-state index contributed by atoms with van der Waals surface area (Å²) in [6.07, 6.45) is 7.71. The van der Waals surface area contributed by atoms with E-state index in [1.807, 2.05) is 71.8 Å². The first-order valence-electron chi connectivity index (χ1n) is 9.78. The SMILES string of the molecule is [CH2]c1cc(OC)cc(N2C=CC=CC2(N)COCCOCc2cccc(OC)c2)c1. The largest absolute Gasteiger partial charge is 0.497 e. The molecule has 0 spiro atoms. The van der Waals surface area contributed by atoms with Crippen LogP contribution in [0.25, 0.3) is 0 Å². The van der Waals surface area contributed by atoms with Crippen LogP contribution >= 0.6 is 0 Å². The molecule has 0 aromatic heterocycles. The highest BCUT2D eigenvalue weighted by Crippen LogP contribution is 2.30. The summed E-state index contributed by atoms with van der Waals surface area (Å²) in [6.45, 7) is 5.73. The van der Waals surface area contributed by atoms with Crippen LogP contribution in [0.4, 0.5) is 5.69 Å². The summed E-state index contributed by atoms with van der Waals surface area (Å²) in [4.78, 5) is 1.96. The van der Waals surface area contributed by atoms with Gasteiger partial charge in [0.1, 0.15) is 17.2 Å². The Morgan fingerprint density at radius 2 is 1.77 bits per heavy atom. The normalized spacial score (nSPS) is 17.9. The molecule has 159 valence electrons. The molecular weight excluding hydrogens is 380 g/mol. The molecule has 1 atom stereocenters. The third-order valence-corrected chi connectivity index (χ3v) is 4.75. The number of hydrogen-bond donors (Lipinski definition) is 1. The van der Waals surface area contributed by atoms with E-state index in [-0.39, 0.29) is 0 Å². The standard InChI is InChI=1S/C24H29N2O4/c1-19-13-21(16-23(14-19)28-3)26-10-5-4-9-24(26,25)18-30-12-11-29-17-20-7-6-8-22(15-20)27-2/h4-10,13-16H,1,11-12,17-18,25H2,2-3H3. The van der Waals surface area contributed by atoms with E-state index in [1.165, 1.54) is 0 Å². The Hall–Kier alpha value is -2.80. The molecule has 0 bridgehead atoms. The molecule has 1 heterocycles. The highest BCUT2D eigenvalue weighted by atomic mass is 16.5. The van der Waals surface area contributed by atoms with E-state index in [0.29, 0.717) is 26.4 Å². The van der Waals surface area contributed by atoms with Crippen LogP contribution in [0.1, 0.15) is 11.1 Å². The first-order chi connectivity index (χ1) is 14.5. The van der Waals surface area contributed by atoms with Gasteiger partial charge in [-0.05, 0) is 54.5 Å². The fraction of sp³-hybridized carbons (Fsp3) is 0.292. The quantitative estimate of drug-likeness (QED) is 0.604. The first-order valence-corrected chi connectivity index (χ1v) is 9.78. The van der Waals surface area contributed by atoms with Crippen LogP contribution in [0, 0.1) is 6.92 Å². The number of ether oxygens (including phenoxy) is 4. The first kappa shape index (κ1) is 21.9. The summed E-state index contributed by atoms with van der Waals surface area (Å²) in [6, 6.07) is 13.6. The van der Waals surface area contributed by atoms with E-state index in [0.717, 1.165) is 28.3 Å². The number of rotatable bonds is 10. The monoisotopic (exact) mass is 409 g/mol. The van der Waals surface area contributed by atoms with Crippen molar-refractivity contribution >= 4 is 5.69 Å². The zero-order valence-corrected chi connectivity index (χ0v) is 17.5. The van der Waals surface area contributed by atoms with Gasteiger partial charge in [-0.2, -0.15) is 0 Å². The van der Waals surface area contributed by atoms with Gasteiger partial charge in [-0.3, -0.25) is 0 Å². The third kappa shape index (κ3) is 5.63. The Balaban J connectivity index is 1.52. The maximum absolute atomic E-state index is 6.66. The predicted octanol–water partition coefficient (Wildman–Crippen LogP) is 3.66. The molecule has 2 N–H and O–H groups in total. The lowest BCUT2D eigenvalue weighted by atomic mass is 10.1. The number of anilines is 1. The van der Waals surface area contributed by atoms with Crippen LogP contribution < -0.4 is 20.1 Å². The van der Waals surface area contributed by atoms with Gasteiger partial charge in [0.05, 0.1) is 40.6 Å².